The second-order valence-corrected chi connectivity index (χ2v) is 6.39. The third-order valence-electron chi connectivity index (χ3n) is 4.84. The topological polar surface area (TPSA) is 57.0 Å². The van der Waals surface area contributed by atoms with Crippen molar-refractivity contribution in [1.29, 1.82) is 0 Å². The van der Waals surface area contributed by atoms with Crippen LogP contribution in [-0.2, 0) is 6.54 Å². The average molecular weight is 326 g/mol. The van der Waals surface area contributed by atoms with Crippen molar-refractivity contribution in [3.8, 4) is 17.2 Å². The predicted octanol–water partition coefficient (Wildman–Crippen LogP) is 2.35. The highest BCUT2D eigenvalue weighted by atomic mass is 16.7. The first-order valence-electron chi connectivity index (χ1n) is 8.24. The molecule has 1 saturated heterocycles. The number of fused-ring (bicyclic) bond motifs is 1. The number of rotatable bonds is 4. The fourth-order valence-corrected chi connectivity index (χ4v) is 3.62. The molecule has 2 aromatic rings. The van der Waals surface area contributed by atoms with E-state index in [0.29, 0.717) is 5.92 Å². The normalized spacial score (nSPS) is 22.8. The van der Waals surface area contributed by atoms with Crippen LogP contribution in [-0.4, -0.2) is 37.9 Å². The Morgan fingerprint density at radius 2 is 1.88 bits per heavy atom. The quantitative estimate of drug-likeness (QED) is 0.935. The lowest BCUT2D eigenvalue weighted by Crippen LogP contribution is -2.28. The molecule has 0 aliphatic carbocycles. The van der Waals surface area contributed by atoms with Gasteiger partial charge in [-0.3, -0.25) is 4.90 Å². The first kappa shape index (κ1) is 15.3. The lowest BCUT2D eigenvalue weighted by Gasteiger charge is -2.18. The summed E-state index contributed by atoms with van der Waals surface area (Å²) in [7, 11) is 1.68. The molecule has 2 heterocycles. The van der Waals surface area contributed by atoms with E-state index in [1.54, 1.807) is 7.11 Å². The number of likely N-dealkylation sites (tertiary alicyclic amines) is 1. The molecule has 0 spiro atoms. The van der Waals surface area contributed by atoms with E-state index in [9.17, 15) is 0 Å². The Morgan fingerprint density at radius 3 is 2.62 bits per heavy atom. The Morgan fingerprint density at radius 1 is 1.12 bits per heavy atom. The molecule has 126 valence electrons. The van der Waals surface area contributed by atoms with Gasteiger partial charge in [-0.2, -0.15) is 0 Å². The summed E-state index contributed by atoms with van der Waals surface area (Å²) in [5, 5.41) is 0. The van der Waals surface area contributed by atoms with Crippen LogP contribution in [0.1, 0.15) is 17.0 Å². The largest absolute Gasteiger partial charge is 0.496 e. The minimum absolute atomic E-state index is 0.146. The zero-order valence-electron chi connectivity index (χ0n) is 13.8. The molecule has 24 heavy (non-hydrogen) atoms. The molecular formula is C19H22N2O3. The molecule has 4 rings (SSSR count). The lowest BCUT2D eigenvalue weighted by atomic mass is 9.95. The van der Waals surface area contributed by atoms with E-state index in [1.807, 2.05) is 18.2 Å². The van der Waals surface area contributed by atoms with Crippen LogP contribution in [0.15, 0.2) is 42.5 Å². The van der Waals surface area contributed by atoms with Gasteiger partial charge in [0.2, 0.25) is 6.79 Å². The Balaban J connectivity index is 1.52. The van der Waals surface area contributed by atoms with Crippen molar-refractivity contribution in [2.45, 2.75) is 18.5 Å². The Hall–Kier alpha value is -2.24. The van der Waals surface area contributed by atoms with Crippen LogP contribution in [0.5, 0.6) is 17.2 Å². The lowest BCUT2D eigenvalue weighted by molar-refractivity contribution is 0.174. The van der Waals surface area contributed by atoms with Gasteiger partial charge in [-0.05, 0) is 11.6 Å². The van der Waals surface area contributed by atoms with Gasteiger partial charge in [-0.1, -0.05) is 30.3 Å². The van der Waals surface area contributed by atoms with E-state index >= 15 is 0 Å². The van der Waals surface area contributed by atoms with Gasteiger partial charge in [-0.25, -0.2) is 0 Å². The van der Waals surface area contributed by atoms with Crippen LogP contribution < -0.4 is 19.9 Å². The van der Waals surface area contributed by atoms with Crippen molar-refractivity contribution in [2.24, 2.45) is 5.73 Å². The van der Waals surface area contributed by atoms with E-state index in [0.717, 1.165) is 42.4 Å². The standard InChI is InChI=1S/C19H22N2O3/c1-22-17-8-19-18(23-12-24-19)7-14(17)9-21-10-15(16(20)11-21)13-5-3-2-4-6-13/h2-8,15-16H,9-12,20H2,1H3/t15-,16+/m0/s1. The molecule has 5 nitrogen and oxygen atoms in total. The van der Waals surface area contributed by atoms with Gasteiger partial charge in [0.05, 0.1) is 7.11 Å². The van der Waals surface area contributed by atoms with Crippen molar-refractivity contribution in [1.82, 2.24) is 4.90 Å². The van der Waals surface area contributed by atoms with E-state index in [-0.39, 0.29) is 12.8 Å². The molecule has 2 aromatic carbocycles. The number of hydrogen-bond acceptors (Lipinski definition) is 5. The maximum atomic E-state index is 6.40. The summed E-state index contributed by atoms with van der Waals surface area (Å²) in [4.78, 5) is 2.38. The fourth-order valence-electron chi connectivity index (χ4n) is 3.62. The van der Waals surface area contributed by atoms with Crippen LogP contribution in [0.4, 0.5) is 0 Å². The number of nitrogens with zero attached hydrogens (tertiary/aromatic N) is 1. The van der Waals surface area contributed by atoms with Gasteiger partial charge in [0, 0.05) is 43.2 Å². The molecule has 0 aromatic heterocycles. The number of benzene rings is 2. The second-order valence-electron chi connectivity index (χ2n) is 6.39. The van der Waals surface area contributed by atoms with E-state index in [2.05, 4.69) is 29.2 Å². The minimum atomic E-state index is 0.146. The summed E-state index contributed by atoms with van der Waals surface area (Å²) < 4.78 is 16.4. The second kappa shape index (κ2) is 6.34. The molecule has 1 fully saturated rings. The van der Waals surface area contributed by atoms with Crippen LogP contribution >= 0.6 is 0 Å². The molecule has 0 saturated carbocycles. The van der Waals surface area contributed by atoms with E-state index < -0.39 is 0 Å². The Kier molecular flexibility index (Phi) is 4.04. The summed E-state index contributed by atoms with van der Waals surface area (Å²) in [5.41, 5.74) is 8.81. The van der Waals surface area contributed by atoms with Crippen LogP contribution in [0.2, 0.25) is 0 Å². The highest BCUT2D eigenvalue weighted by Gasteiger charge is 2.32. The van der Waals surface area contributed by atoms with Crippen molar-refractivity contribution in [3.05, 3.63) is 53.6 Å². The van der Waals surface area contributed by atoms with Crippen LogP contribution in [0.3, 0.4) is 0 Å². The maximum Gasteiger partial charge on any atom is 0.231 e. The number of nitrogens with two attached hydrogens (primary N) is 1. The maximum absolute atomic E-state index is 6.40. The van der Waals surface area contributed by atoms with Crippen molar-refractivity contribution in [3.63, 3.8) is 0 Å². The zero-order valence-corrected chi connectivity index (χ0v) is 13.8. The van der Waals surface area contributed by atoms with Gasteiger partial charge < -0.3 is 19.9 Å². The first-order chi connectivity index (χ1) is 11.7. The number of ether oxygens (including phenoxy) is 3. The molecule has 2 atom stereocenters. The average Bonchev–Trinajstić information content (AvgIpc) is 3.20. The summed E-state index contributed by atoms with van der Waals surface area (Å²) in [6.07, 6.45) is 0. The Labute approximate surface area is 141 Å². The highest BCUT2D eigenvalue weighted by molar-refractivity contribution is 5.51. The van der Waals surface area contributed by atoms with Crippen molar-refractivity contribution >= 4 is 0 Å². The summed E-state index contributed by atoms with van der Waals surface area (Å²) in [5.74, 6) is 2.73. The SMILES string of the molecule is COc1cc2c(cc1CN1C[C@@H](N)[C@H](c3ccccc3)C1)OCO2. The molecule has 0 bridgehead atoms. The third kappa shape index (κ3) is 2.81. The molecular weight excluding hydrogens is 304 g/mol. The molecule has 2 N–H and O–H groups in total. The van der Waals surface area contributed by atoms with Gasteiger partial charge in [-0.15, -0.1) is 0 Å². The van der Waals surface area contributed by atoms with Gasteiger partial charge in [0.15, 0.2) is 11.5 Å². The van der Waals surface area contributed by atoms with E-state index in [1.165, 1.54) is 5.56 Å². The molecule has 2 aliphatic heterocycles. The Bertz CT molecular complexity index is 720. The highest BCUT2D eigenvalue weighted by Crippen LogP contribution is 2.39. The van der Waals surface area contributed by atoms with Crippen molar-refractivity contribution in [2.75, 3.05) is 27.0 Å². The molecule has 2 aliphatic rings. The van der Waals surface area contributed by atoms with E-state index in [4.69, 9.17) is 19.9 Å². The first-order valence-corrected chi connectivity index (χ1v) is 8.24. The van der Waals surface area contributed by atoms with Crippen molar-refractivity contribution < 1.29 is 14.2 Å². The minimum Gasteiger partial charge on any atom is -0.496 e. The number of methoxy groups -OCH3 is 1. The monoisotopic (exact) mass is 326 g/mol. The summed E-state index contributed by atoms with van der Waals surface area (Å²) in [6.45, 7) is 2.88. The van der Waals surface area contributed by atoms with Gasteiger partial charge >= 0.3 is 0 Å². The van der Waals surface area contributed by atoms with Crippen LogP contribution in [0, 0.1) is 0 Å². The summed E-state index contributed by atoms with van der Waals surface area (Å²) in [6, 6.07) is 14.6. The number of hydrogen-bond donors (Lipinski definition) is 1. The fraction of sp³-hybridized carbons (Fsp3) is 0.368. The molecule has 0 unspecified atom stereocenters. The molecule has 5 heteroatoms. The van der Waals surface area contributed by atoms with Gasteiger partial charge in [0.1, 0.15) is 5.75 Å². The zero-order chi connectivity index (χ0) is 16.5. The third-order valence-corrected chi connectivity index (χ3v) is 4.84. The summed E-state index contributed by atoms with van der Waals surface area (Å²) >= 11 is 0. The van der Waals surface area contributed by atoms with Crippen LogP contribution in [0.25, 0.3) is 0 Å². The molecule has 0 radical (unpaired) electrons. The predicted molar refractivity (Wildman–Crippen MR) is 91.6 cm³/mol. The van der Waals surface area contributed by atoms with Gasteiger partial charge in [0.25, 0.3) is 0 Å². The molecule has 0 amide bonds. The smallest absolute Gasteiger partial charge is 0.231 e.